The van der Waals surface area contributed by atoms with E-state index in [1.807, 2.05) is 36.1 Å². The Balaban J connectivity index is 1.66. The van der Waals surface area contributed by atoms with Gasteiger partial charge in [0.25, 0.3) is 5.91 Å². The minimum Gasteiger partial charge on any atom is -0.368 e. The van der Waals surface area contributed by atoms with Crippen LogP contribution in [0.1, 0.15) is 21.5 Å². The summed E-state index contributed by atoms with van der Waals surface area (Å²) >= 11 is 3.54. The Morgan fingerprint density at radius 2 is 1.74 bits per heavy atom. The Labute approximate surface area is 146 Å². The van der Waals surface area contributed by atoms with Gasteiger partial charge in [-0.05, 0) is 49.7 Å². The highest BCUT2D eigenvalue weighted by molar-refractivity contribution is 9.10. The summed E-state index contributed by atoms with van der Waals surface area (Å²) in [4.78, 5) is 16.9. The van der Waals surface area contributed by atoms with Crippen LogP contribution in [0.5, 0.6) is 0 Å². The summed E-state index contributed by atoms with van der Waals surface area (Å²) in [5.74, 6) is 0.139. The zero-order valence-electron chi connectivity index (χ0n) is 13.6. The lowest BCUT2D eigenvalue weighted by Gasteiger charge is -2.36. The summed E-state index contributed by atoms with van der Waals surface area (Å²) in [6.45, 7) is 7.40. The largest absolute Gasteiger partial charge is 0.368 e. The van der Waals surface area contributed by atoms with E-state index in [2.05, 4.69) is 46.0 Å². The molecule has 2 aromatic rings. The van der Waals surface area contributed by atoms with Crippen LogP contribution in [0.15, 0.2) is 46.9 Å². The molecule has 1 aliphatic heterocycles. The second kappa shape index (κ2) is 6.75. The Morgan fingerprint density at radius 3 is 2.39 bits per heavy atom. The summed E-state index contributed by atoms with van der Waals surface area (Å²) in [5, 5.41) is 0. The van der Waals surface area contributed by atoms with E-state index in [1.54, 1.807) is 0 Å². The van der Waals surface area contributed by atoms with Crippen molar-refractivity contribution in [3.63, 3.8) is 0 Å². The van der Waals surface area contributed by atoms with Gasteiger partial charge in [0.2, 0.25) is 0 Å². The minimum absolute atomic E-state index is 0.139. The summed E-state index contributed by atoms with van der Waals surface area (Å²) < 4.78 is 1.13. The number of carbonyl (C=O) groups excluding carboxylic acids is 1. The van der Waals surface area contributed by atoms with Crippen LogP contribution in [0.2, 0.25) is 0 Å². The van der Waals surface area contributed by atoms with Crippen molar-refractivity contribution in [1.29, 1.82) is 0 Å². The molecular formula is C19H21BrN2O. The molecule has 1 fully saturated rings. The van der Waals surface area contributed by atoms with Crippen molar-refractivity contribution in [2.75, 3.05) is 31.1 Å². The molecular weight excluding hydrogens is 352 g/mol. The van der Waals surface area contributed by atoms with Gasteiger partial charge >= 0.3 is 0 Å². The van der Waals surface area contributed by atoms with Crippen molar-refractivity contribution in [1.82, 2.24) is 4.90 Å². The third kappa shape index (κ3) is 3.58. The molecule has 1 aliphatic rings. The van der Waals surface area contributed by atoms with Gasteiger partial charge in [0.15, 0.2) is 0 Å². The molecule has 1 heterocycles. The number of hydrogen-bond acceptors (Lipinski definition) is 2. The van der Waals surface area contributed by atoms with Crippen molar-refractivity contribution in [2.24, 2.45) is 0 Å². The molecule has 0 bridgehead atoms. The fourth-order valence-corrected chi connectivity index (χ4v) is 3.20. The highest BCUT2D eigenvalue weighted by Crippen LogP contribution is 2.24. The lowest BCUT2D eigenvalue weighted by molar-refractivity contribution is 0.0746. The van der Waals surface area contributed by atoms with Crippen LogP contribution in [0, 0.1) is 13.8 Å². The SMILES string of the molecule is Cc1cccc(C(=O)N2CCN(c3ccc(Br)c(C)c3)CC2)c1. The lowest BCUT2D eigenvalue weighted by Crippen LogP contribution is -2.48. The number of anilines is 1. The number of piperazine rings is 1. The first kappa shape index (κ1) is 16.1. The van der Waals surface area contributed by atoms with Gasteiger partial charge < -0.3 is 9.80 Å². The molecule has 120 valence electrons. The molecule has 4 heteroatoms. The maximum Gasteiger partial charge on any atom is 0.253 e. The molecule has 0 saturated carbocycles. The molecule has 0 atom stereocenters. The molecule has 0 radical (unpaired) electrons. The van der Waals surface area contributed by atoms with E-state index in [9.17, 15) is 4.79 Å². The highest BCUT2D eigenvalue weighted by atomic mass is 79.9. The Hall–Kier alpha value is -1.81. The van der Waals surface area contributed by atoms with Crippen LogP contribution in [-0.4, -0.2) is 37.0 Å². The molecule has 0 aromatic heterocycles. The van der Waals surface area contributed by atoms with Crippen molar-refractivity contribution >= 4 is 27.5 Å². The molecule has 0 aliphatic carbocycles. The molecule has 2 aromatic carbocycles. The Bertz CT molecular complexity index is 721. The standard InChI is InChI=1S/C19H21BrN2O/c1-14-4-3-5-16(12-14)19(23)22-10-8-21(9-11-22)17-6-7-18(20)15(2)13-17/h3-7,12-13H,8-11H2,1-2H3. The predicted octanol–water partition coefficient (Wildman–Crippen LogP) is 4.03. The molecule has 0 unspecified atom stereocenters. The number of benzene rings is 2. The Morgan fingerprint density at radius 1 is 1.00 bits per heavy atom. The topological polar surface area (TPSA) is 23.6 Å². The summed E-state index contributed by atoms with van der Waals surface area (Å²) in [5.41, 5.74) is 4.38. The van der Waals surface area contributed by atoms with Gasteiger partial charge in [-0.15, -0.1) is 0 Å². The summed E-state index contributed by atoms with van der Waals surface area (Å²) in [6, 6.07) is 14.3. The van der Waals surface area contributed by atoms with E-state index in [4.69, 9.17) is 0 Å². The highest BCUT2D eigenvalue weighted by Gasteiger charge is 2.22. The van der Waals surface area contributed by atoms with Gasteiger partial charge in [-0.25, -0.2) is 0 Å². The maximum absolute atomic E-state index is 12.6. The maximum atomic E-state index is 12.6. The molecule has 3 rings (SSSR count). The first-order valence-electron chi connectivity index (χ1n) is 7.91. The molecule has 3 nitrogen and oxygen atoms in total. The van der Waals surface area contributed by atoms with Crippen LogP contribution in [0.25, 0.3) is 0 Å². The lowest BCUT2D eigenvalue weighted by atomic mass is 10.1. The monoisotopic (exact) mass is 372 g/mol. The second-order valence-corrected chi connectivity index (χ2v) is 6.94. The van der Waals surface area contributed by atoms with Gasteiger partial charge in [-0.3, -0.25) is 4.79 Å². The quantitative estimate of drug-likeness (QED) is 0.794. The number of halogens is 1. The third-order valence-corrected chi connectivity index (χ3v) is 5.23. The van der Waals surface area contributed by atoms with E-state index in [0.717, 1.165) is 41.8 Å². The van der Waals surface area contributed by atoms with Crippen molar-refractivity contribution in [3.05, 3.63) is 63.6 Å². The van der Waals surface area contributed by atoms with Crippen molar-refractivity contribution < 1.29 is 4.79 Å². The van der Waals surface area contributed by atoms with Gasteiger partial charge in [-0.2, -0.15) is 0 Å². The summed E-state index contributed by atoms with van der Waals surface area (Å²) in [6.07, 6.45) is 0. The van der Waals surface area contributed by atoms with E-state index in [1.165, 1.54) is 11.3 Å². The zero-order chi connectivity index (χ0) is 16.4. The van der Waals surface area contributed by atoms with Gasteiger partial charge in [0, 0.05) is 41.9 Å². The smallest absolute Gasteiger partial charge is 0.253 e. The minimum atomic E-state index is 0.139. The van der Waals surface area contributed by atoms with E-state index >= 15 is 0 Å². The van der Waals surface area contributed by atoms with Crippen molar-refractivity contribution in [3.8, 4) is 0 Å². The van der Waals surface area contributed by atoms with E-state index in [0.29, 0.717) is 0 Å². The number of rotatable bonds is 2. The predicted molar refractivity (Wildman–Crippen MR) is 98.2 cm³/mol. The fourth-order valence-electron chi connectivity index (χ4n) is 2.95. The summed E-state index contributed by atoms with van der Waals surface area (Å²) in [7, 11) is 0. The van der Waals surface area contributed by atoms with Crippen LogP contribution in [-0.2, 0) is 0 Å². The van der Waals surface area contributed by atoms with Gasteiger partial charge in [0.1, 0.15) is 0 Å². The van der Waals surface area contributed by atoms with E-state index in [-0.39, 0.29) is 5.91 Å². The van der Waals surface area contributed by atoms with Crippen LogP contribution >= 0.6 is 15.9 Å². The fraction of sp³-hybridized carbons (Fsp3) is 0.316. The molecule has 0 N–H and O–H groups in total. The first-order valence-corrected chi connectivity index (χ1v) is 8.71. The van der Waals surface area contributed by atoms with Crippen LogP contribution in [0.3, 0.4) is 0 Å². The van der Waals surface area contributed by atoms with Crippen LogP contribution < -0.4 is 4.90 Å². The first-order chi connectivity index (χ1) is 11.0. The average Bonchev–Trinajstić information content (AvgIpc) is 2.57. The molecule has 23 heavy (non-hydrogen) atoms. The molecule has 1 saturated heterocycles. The zero-order valence-corrected chi connectivity index (χ0v) is 15.1. The number of carbonyl (C=O) groups is 1. The average molecular weight is 373 g/mol. The number of hydrogen-bond donors (Lipinski definition) is 0. The number of nitrogens with zero attached hydrogens (tertiary/aromatic N) is 2. The number of aryl methyl sites for hydroxylation is 2. The van der Waals surface area contributed by atoms with Gasteiger partial charge in [0.05, 0.1) is 0 Å². The van der Waals surface area contributed by atoms with Crippen LogP contribution in [0.4, 0.5) is 5.69 Å². The van der Waals surface area contributed by atoms with Gasteiger partial charge in [-0.1, -0.05) is 33.6 Å². The third-order valence-electron chi connectivity index (χ3n) is 4.34. The second-order valence-electron chi connectivity index (χ2n) is 6.08. The molecule has 1 amide bonds. The normalized spacial score (nSPS) is 14.9. The Kier molecular flexibility index (Phi) is 4.71. The van der Waals surface area contributed by atoms with E-state index < -0.39 is 0 Å². The molecule has 0 spiro atoms. The number of amides is 1. The van der Waals surface area contributed by atoms with Crippen molar-refractivity contribution in [2.45, 2.75) is 13.8 Å².